The largest absolute Gasteiger partial charge is 0.285 e. The number of carbonyl (C=O) groups is 1. The molecule has 0 aliphatic rings. The molecular formula is C11H22N2O. The van der Waals surface area contributed by atoms with Crippen molar-refractivity contribution in [3.05, 3.63) is 12.7 Å². The second-order valence-electron chi connectivity index (χ2n) is 3.37. The fourth-order valence-corrected chi connectivity index (χ4v) is 1.12. The van der Waals surface area contributed by atoms with Crippen molar-refractivity contribution in [2.24, 2.45) is 0 Å². The highest BCUT2D eigenvalue weighted by Gasteiger charge is 2.04. The minimum Gasteiger partial charge on any atom is -0.285 e. The summed E-state index contributed by atoms with van der Waals surface area (Å²) in [4.78, 5) is 11.1. The topological polar surface area (TPSA) is 32.3 Å². The summed E-state index contributed by atoms with van der Waals surface area (Å²) in [5.41, 5.74) is 2.81. The van der Waals surface area contributed by atoms with Crippen LogP contribution >= 0.6 is 0 Å². The third-order valence-electron chi connectivity index (χ3n) is 2.02. The van der Waals surface area contributed by atoms with Gasteiger partial charge in [-0.25, -0.2) is 5.01 Å². The van der Waals surface area contributed by atoms with E-state index in [1.54, 1.807) is 0 Å². The van der Waals surface area contributed by atoms with Gasteiger partial charge in [0.1, 0.15) is 0 Å². The van der Waals surface area contributed by atoms with Crippen LogP contribution in [0.15, 0.2) is 12.7 Å². The molecular weight excluding hydrogens is 176 g/mol. The van der Waals surface area contributed by atoms with Crippen molar-refractivity contribution < 1.29 is 4.79 Å². The Bertz CT molecular complexity index is 161. The van der Waals surface area contributed by atoms with E-state index in [1.165, 1.54) is 6.08 Å². The summed E-state index contributed by atoms with van der Waals surface area (Å²) >= 11 is 0. The Labute approximate surface area is 87.1 Å². The van der Waals surface area contributed by atoms with Crippen molar-refractivity contribution in [3.63, 3.8) is 0 Å². The number of hydrazine groups is 1. The van der Waals surface area contributed by atoms with E-state index in [4.69, 9.17) is 0 Å². The molecule has 0 heterocycles. The Hall–Kier alpha value is -0.830. The van der Waals surface area contributed by atoms with Crippen LogP contribution in [0.1, 0.15) is 39.5 Å². The number of unbranched alkanes of at least 4 members (excludes halogenated alkanes) is 2. The lowest BCUT2D eigenvalue weighted by atomic mass is 10.3. The highest BCUT2D eigenvalue weighted by molar-refractivity contribution is 5.86. The average molecular weight is 198 g/mol. The quantitative estimate of drug-likeness (QED) is 0.478. The highest BCUT2D eigenvalue weighted by atomic mass is 16.2. The van der Waals surface area contributed by atoms with Gasteiger partial charge in [0.25, 0.3) is 5.91 Å². The van der Waals surface area contributed by atoms with Gasteiger partial charge in [0.05, 0.1) is 0 Å². The highest BCUT2D eigenvalue weighted by Crippen LogP contribution is 1.95. The zero-order valence-electron chi connectivity index (χ0n) is 9.38. The molecule has 82 valence electrons. The molecule has 3 heteroatoms. The molecule has 0 aromatic rings. The zero-order valence-corrected chi connectivity index (χ0v) is 9.38. The molecule has 14 heavy (non-hydrogen) atoms. The number of nitrogens with zero attached hydrogens (tertiary/aromatic N) is 1. The van der Waals surface area contributed by atoms with Gasteiger partial charge in [-0.1, -0.05) is 33.3 Å². The van der Waals surface area contributed by atoms with E-state index in [0.717, 1.165) is 38.8 Å². The van der Waals surface area contributed by atoms with Gasteiger partial charge < -0.3 is 0 Å². The van der Waals surface area contributed by atoms with Crippen LogP contribution < -0.4 is 5.43 Å². The van der Waals surface area contributed by atoms with Crippen LogP contribution in [0.5, 0.6) is 0 Å². The van der Waals surface area contributed by atoms with Crippen molar-refractivity contribution in [1.29, 1.82) is 0 Å². The van der Waals surface area contributed by atoms with Crippen LogP contribution in [-0.4, -0.2) is 24.0 Å². The molecule has 0 spiro atoms. The van der Waals surface area contributed by atoms with Gasteiger partial charge in [-0.3, -0.25) is 10.2 Å². The predicted octanol–water partition coefficient (Wildman–Crippen LogP) is 2.11. The first-order valence-corrected chi connectivity index (χ1v) is 5.42. The first-order chi connectivity index (χ1) is 6.74. The molecule has 0 saturated heterocycles. The molecule has 1 N–H and O–H groups in total. The third kappa shape index (κ3) is 6.66. The number of amides is 1. The molecule has 0 bridgehead atoms. The zero-order chi connectivity index (χ0) is 10.8. The van der Waals surface area contributed by atoms with Crippen molar-refractivity contribution in [2.45, 2.75) is 39.5 Å². The van der Waals surface area contributed by atoms with Crippen molar-refractivity contribution in [2.75, 3.05) is 13.1 Å². The van der Waals surface area contributed by atoms with Gasteiger partial charge in [-0.2, -0.15) is 0 Å². The second kappa shape index (κ2) is 8.75. The van der Waals surface area contributed by atoms with E-state index in [0.29, 0.717) is 0 Å². The Morgan fingerprint density at radius 2 is 1.79 bits per heavy atom. The number of hydrogen-bond acceptors (Lipinski definition) is 2. The summed E-state index contributed by atoms with van der Waals surface area (Å²) < 4.78 is 0. The molecule has 0 aliphatic heterocycles. The summed E-state index contributed by atoms with van der Waals surface area (Å²) in [6, 6.07) is 0. The number of hydrogen-bond donors (Lipinski definition) is 1. The number of rotatable bonds is 8. The average Bonchev–Trinajstić information content (AvgIpc) is 2.21. The molecule has 0 saturated carbocycles. The van der Waals surface area contributed by atoms with E-state index < -0.39 is 0 Å². The second-order valence-corrected chi connectivity index (χ2v) is 3.37. The van der Waals surface area contributed by atoms with E-state index in [2.05, 4.69) is 25.9 Å². The lowest BCUT2D eigenvalue weighted by molar-refractivity contribution is -0.121. The monoisotopic (exact) mass is 198 g/mol. The van der Waals surface area contributed by atoms with E-state index in [-0.39, 0.29) is 5.91 Å². The van der Waals surface area contributed by atoms with Crippen molar-refractivity contribution in [3.8, 4) is 0 Å². The Kier molecular flexibility index (Phi) is 8.24. The van der Waals surface area contributed by atoms with Crippen molar-refractivity contribution in [1.82, 2.24) is 10.4 Å². The van der Waals surface area contributed by atoms with E-state index in [9.17, 15) is 4.79 Å². The van der Waals surface area contributed by atoms with Gasteiger partial charge >= 0.3 is 0 Å². The molecule has 3 nitrogen and oxygen atoms in total. The predicted molar refractivity (Wildman–Crippen MR) is 59.7 cm³/mol. The molecule has 0 atom stereocenters. The molecule has 0 radical (unpaired) electrons. The van der Waals surface area contributed by atoms with Crippen LogP contribution in [0, 0.1) is 0 Å². The fraction of sp³-hybridized carbons (Fsp3) is 0.727. The maximum Gasteiger partial charge on any atom is 0.257 e. The fourth-order valence-electron chi connectivity index (χ4n) is 1.12. The normalized spacial score (nSPS) is 10.2. The molecule has 0 aliphatic carbocycles. The third-order valence-corrected chi connectivity index (χ3v) is 2.02. The summed E-state index contributed by atoms with van der Waals surface area (Å²) in [6.45, 7) is 9.58. The van der Waals surface area contributed by atoms with Crippen LogP contribution in [0.25, 0.3) is 0 Å². The smallest absolute Gasteiger partial charge is 0.257 e. The van der Waals surface area contributed by atoms with Gasteiger partial charge in [0.15, 0.2) is 0 Å². The minimum absolute atomic E-state index is 0.114. The first-order valence-electron chi connectivity index (χ1n) is 5.42. The number of carbonyl (C=O) groups excluding carboxylic acids is 1. The van der Waals surface area contributed by atoms with Crippen molar-refractivity contribution >= 4 is 5.91 Å². The Balaban J connectivity index is 3.82. The van der Waals surface area contributed by atoms with Gasteiger partial charge in [0.2, 0.25) is 0 Å². The molecule has 0 fully saturated rings. The minimum atomic E-state index is -0.114. The first kappa shape index (κ1) is 13.2. The maximum absolute atomic E-state index is 11.1. The summed E-state index contributed by atoms with van der Waals surface area (Å²) in [5.74, 6) is -0.114. The molecule has 0 unspecified atom stereocenters. The summed E-state index contributed by atoms with van der Waals surface area (Å²) in [7, 11) is 0. The van der Waals surface area contributed by atoms with Gasteiger partial charge in [0, 0.05) is 13.1 Å². The summed E-state index contributed by atoms with van der Waals surface area (Å²) in [5, 5.41) is 1.98. The lowest BCUT2D eigenvalue weighted by Gasteiger charge is -2.21. The molecule has 0 aromatic heterocycles. The molecule has 0 rings (SSSR count). The van der Waals surface area contributed by atoms with Gasteiger partial charge in [-0.15, -0.1) is 0 Å². The van der Waals surface area contributed by atoms with Gasteiger partial charge in [-0.05, 0) is 18.9 Å². The van der Waals surface area contributed by atoms with Crippen LogP contribution in [0.2, 0.25) is 0 Å². The maximum atomic E-state index is 11.1. The van der Waals surface area contributed by atoms with Crippen LogP contribution in [0.3, 0.4) is 0 Å². The van der Waals surface area contributed by atoms with Crippen LogP contribution in [-0.2, 0) is 4.79 Å². The molecule has 0 aromatic carbocycles. The SMILES string of the molecule is C=CC(=O)NN(CCCC)CCCC. The summed E-state index contributed by atoms with van der Waals surface area (Å²) in [6.07, 6.45) is 5.83. The number of nitrogens with one attached hydrogen (secondary N) is 1. The van der Waals surface area contributed by atoms with Crippen LogP contribution in [0.4, 0.5) is 0 Å². The van der Waals surface area contributed by atoms with E-state index in [1.807, 2.05) is 5.01 Å². The Morgan fingerprint density at radius 3 is 2.14 bits per heavy atom. The Morgan fingerprint density at radius 1 is 1.29 bits per heavy atom. The lowest BCUT2D eigenvalue weighted by Crippen LogP contribution is -2.42. The standard InChI is InChI=1S/C11H22N2O/c1-4-7-9-13(10-8-5-2)12-11(14)6-3/h6H,3-5,7-10H2,1-2H3,(H,12,14). The molecule has 1 amide bonds. The van der Waals surface area contributed by atoms with E-state index >= 15 is 0 Å².